The van der Waals surface area contributed by atoms with Crippen LogP contribution in [0, 0.1) is 5.92 Å². The molecule has 0 radical (unpaired) electrons. The molecule has 4 nitrogen and oxygen atoms in total. The molecule has 20 heavy (non-hydrogen) atoms. The van der Waals surface area contributed by atoms with Crippen molar-refractivity contribution in [1.29, 1.82) is 0 Å². The van der Waals surface area contributed by atoms with E-state index in [-0.39, 0.29) is 5.97 Å². The van der Waals surface area contributed by atoms with E-state index in [0.29, 0.717) is 12.0 Å². The summed E-state index contributed by atoms with van der Waals surface area (Å²) in [7, 11) is 1.47. The first-order valence-electron chi connectivity index (χ1n) is 8.00. The second-order valence-corrected chi connectivity index (χ2v) is 6.62. The van der Waals surface area contributed by atoms with Crippen LogP contribution in [0.2, 0.25) is 0 Å². The first kappa shape index (κ1) is 17.4. The van der Waals surface area contributed by atoms with Gasteiger partial charge in [0.05, 0.1) is 7.11 Å². The molecule has 0 spiro atoms. The number of methoxy groups -OCH3 is 1. The summed E-state index contributed by atoms with van der Waals surface area (Å²) in [6.45, 7) is 11.0. The zero-order chi connectivity index (χ0) is 15.2. The number of ether oxygens (including phenoxy) is 1. The first-order chi connectivity index (χ1) is 9.42. The highest BCUT2D eigenvalue weighted by molar-refractivity contribution is 5.80. The summed E-state index contributed by atoms with van der Waals surface area (Å²) in [6.07, 6.45) is 5.15. The Morgan fingerprint density at radius 3 is 2.45 bits per heavy atom. The molecule has 1 unspecified atom stereocenters. The lowest BCUT2D eigenvalue weighted by Crippen LogP contribution is -2.59. The van der Waals surface area contributed by atoms with Crippen molar-refractivity contribution < 1.29 is 9.53 Å². The fourth-order valence-corrected chi connectivity index (χ4v) is 3.30. The lowest BCUT2D eigenvalue weighted by molar-refractivity contribution is -0.149. The van der Waals surface area contributed by atoms with Crippen LogP contribution in [0.4, 0.5) is 0 Å². The summed E-state index contributed by atoms with van der Waals surface area (Å²) in [5.74, 6) is 0.449. The van der Waals surface area contributed by atoms with Crippen LogP contribution in [-0.4, -0.2) is 49.2 Å². The number of nitrogens with zero attached hydrogens (tertiary/aromatic N) is 1. The number of rotatable bonds is 8. The Bertz CT molecular complexity index is 301. The van der Waals surface area contributed by atoms with Gasteiger partial charge in [-0.1, -0.05) is 33.6 Å². The summed E-state index contributed by atoms with van der Waals surface area (Å²) < 4.78 is 5.01. The standard InChI is InChI=1S/C16H32N2O2/c1-6-17-16(4,15(19)20-5)12-18(11-13(2)3)14-9-7-8-10-14/h13-14,17H,6-12H2,1-5H3. The van der Waals surface area contributed by atoms with Crippen molar-refractivity contribution in [3.63, 3.8) is 0 Å². The number of likely N-dealkylation sites (N-methyl/N-ethyl adjacent to an activating group) is 1. The van der Waals surface area contributed by atoms with Gasteiger partial charge in [0.15, 0.2) is 0 Å². The lowest BCUT2D eigenvalue weighted by Gasteiger charge is -2.38. The Hall–Kier alpha value is -0.610. The molecule has 0 aromatic carbocycles. The second-order valence-electron chi connectivity index (χ2n) is 6.62. The molecular formula is C16H32N2O2. The van der Waals surface area contributed by atoms with E-state index in [1.807, 2.05) is 13.8 Å². The Morgan fingerprint density at radius 2 is 2.00 bits per heavy atom. The molecule has 0 aromatic rings. The van der Waals surface area contributed by atoms with Crippen LogP contribution in [0.1, 0.15) is 53.4 Å². The number of hydrogen-bond donors (Lipinski definition) is 1. The third-order valence-corrected chi connectivity index (χ3v) is 4.16. The van der Waals surface area contributed by atoms with Gasteiger partial charge in [-0.25, -0.2) is 0 Å². The van der Waals surface area contributed by atoms with Gasteiger partial charge >= 0.3 is 5.97 Å². The third-order valence-electron chi connectivity index (χ3n) is 4.16. The van der Waals surface area contributed by atoms with Crippen molar-refractivity contribution in [1.82, 2.24) is 10.2 Å². The molecule has 0 heterocycles. The Kier molecular flexibility index (Phi) is 6.96. The largest absolute Gasteiger partial charge is 0.468 e. The van der Waals surface area contributed by atoms with Gasteiger partial charge in [0, 0.05) is 19.1 Å². The first-order valence-corrected chi connectivity index (χ1v) is 8.00. The Balaban J connectivity index is 2.80. The molecule has 0 bridgehead atoms. The summed E-state index contributed by atoms with van der Waals surface area (Å²) in [5, 5.41) is 3.32. The van der Waals surface area contributed by atoms with E-state index in [1.165, 1.54) is 32.8 Å². The SMILES string of the molecule is CCNC(C)(CN(CC(C)C)C1CCCC1)C(=O)OC. The maximum atomic E-state index is 12.1. The van der Waals surface area contributed by atoms with Gasteiger partial charge in [0.25, 0.3) is 0 Å². The van der Waals surface area contributed by atoms with Crippen molar-refractivity contribution in [2.75, 3.05) is 26.7 Å². The number of carbonyl (C=O) groups is 1. The van der Waals surface area contributed by atoms with E-state index in [4.69, 9.17) is 4.74 Å². The molecule has 1 N–H and O–H groups in total. The van der Waals surface area contributed by atoms with Crippen LogP contribution >= 0.6 is 0 Å². The summed E-state index contributed by atoms with van der Waals surface area (Å²) in [5.41, 5.74) is -0.610. The molecule has 1 aliphatic rings. The summed E-state index contributed by atoms with van der Waals surface area (Å²) >= 11 is 0. The molecule has 0 aliphatic heterocycles. The minimum atomic E-state index is -0.610. The van der Waals surface area contributed by atoms with Gasteiger partial charge in [-0.2, -0.15) is 0 Å². The van der Waals surface area contributed by atoms with Gasteiger partial charge in [-0.05, 0) is 32.2 Å². The highest BCUT2D eigenvalue weighted by Gasteiger charge is 2.37. The molecule has 1 aliphatic carbocycles. The van der Waals surface area contributed by atoms with Gasteiger partial charge in [0.1, 0.15) is 5.54 Å². The molecule has 1 atom stereocenters. The van der Waals surface area contributed by atoms with E-state index in [2.05, 4.69) is 24.1 Å². The molecule has 118 valence electrons. The highest BCUT2D eigenvalue weighted by Crippen LogP contribution is 2.26. The van der Waals surface area contributed by atoms with Crippen molar-refractivity contribution in [2.24, 2.45) is 5.92 Å². The van der Waals surface area contributed by atoms with Crippen LogP contribution in [0.25, 0.3) is 0 Å². The van der Waals surface area contributed by atoms with Crippen molar-refractivity contribution in [2.45, 2.75) is 65.0 Å². The summed E-state index contributed by atoms with van der Waals surface area (Å²) in [4.78, 5) is 14.6. The van der Waals surface area contributed by atoms with Gasteiger partial charge < -0.3 is 10.1 Å². The van der Waals surface area contributed by atoms with E-state index in [0.717, 1.165) is 19.6 Å². The van der Waals surface area contributed by atoms with E-state index >= 15 is 0 Å². The van der Waals surface area contributed by atoms with E-state index < -0.39 is 5.54 Å². The zero-order valence-electron chi connectivity index (χ0n) is 13.9. The van der Waals surface area contributed by atoms with Gasteiger partial charge in [-0.3, -0.25) is 9.69 Å². The van der Waals surface area contributed by atoms with Crippen LogP contribution < -0.4 is 5.32 Å². The smallest absolute Gasteiger partial charge is 0.327 e. The van der Waals surface area contributed by atoms with E-state index in [9.17, 15) is 4.79 Å². The molecule has 0 amide bonds. The maximum absolute atomic E-state index is 12.1. The quantitative estimate of drug-likeness (QED) is 0.695. The molecule has 1 fully saturated rings. The molecule has 0 saturated heterocycles. The zero-order valence-corrected chi connectivity index (χ0v) is 13.9. The molecule has 1 saturated carbocycles. The van der Waals surface area contributed by atoms with Crippen LogP contribution in [-0.2, 0) is 9.53 Å². The Morgan fingerprint density at radius 1 is 1.40 bits per heavy atom. The minimum Gasteiger partial charge on any atom is -0.468 e. The van der Waals surface area contributed by atoms with Crippen LogP contribution in [0.15, 0.2) is 0 Å². The third kappa shape index (κ3) is 4.74. The lowest BCUT2D eigenvalue weighted by atomic mass is 9.99. The monoisotopic (exact) mass is 284 g/mol. The number of hydrogen-bond acceptors (Lipinski definition) is 4. The molecule has 1 rings (SSSR count). The number of nitrogens with one attached hydrogen (secondary N) is 1. The average molecular weight is 284 g/mol. The van der Waals surface area contributed by atoms with Crippen LogP contribution in [0.3, 0.4) is 0 Å². The Labute approximate surface area is 124 Å². The molecule has 0 aromatic heterocycles. The molecular weight excluding hydrogens is 252 g/mol. The average Bonchev–Trinajstić information content (AvgIpc) is 2.90. The highest BCUT2D eigenvalue weighted by atomic mass is 16.5. The second kappa shape index (κ2) is 7.99. The number of esters is 1. The minimum absolute atomic E-state index is 0.161. The van der Waals surface area contributed by atoms with Crippen molar-refractivity contribution in [3.05, 3.63) is 0 Å². The maximum Gasteiger partial charge on any atom is 0.327 e. The fourth-order valence-electron chi connectivity index (χ4n) is 3.30. The summed E-state index contributed by atoms with van der Waals surface area (Å²) in [6, 6.07) is 0.625. The fraction of sp³-hybridized carbons (Fsp3) is 0.938. The normalized spacial score (nSPS) is 19.6. The van der Waals surface area contributed by atoms with Crippen molar-refractivity contribution >= 4 is 5.97 Å². The topological polar surface area (TPSA) is 41.6 Å². The predicted octanol–water partition coefficient (Wildman–Crippen LogP) is 2.43. The molecule has 4 heteroatoms. The van der Waals surface area contributed by atoms with Gasteiger partial charge in [-0.15, -0.1) is 0 Å². The number of carbonyl (C=O) groups excluding carboxylic acids is 1. The predicted molar refractivity (Wildman–Crippen MR) is 82.8 cm³/mol. The van der Waals surface area contributed by atoms with Crippen LogP contribution in [0.5, 0.6) is 0 Å². The van der Waals surface area contributed by atoms with E-state index in [1.54, 1.807) is 0 Å². The van der Waals surface area contributed by atoms with Gasteiger partial charge in [0.2, 0.25) is 0 Å². The van der Waals surface area contributed by atoms with Crippen molar-refractivity contribution in [3.8, 4) is 0 Å².